The van der Waals surface area contributed by atoms with Crippen LogP contribution in [0.4, 0.5) is 0 Å². The summed E-state index contributed by atoms with van der Waals surface area (Å²) in [4.78, 5) is 31.4. The highest BCUT2D eigenvalue weighted by molar-refractivity contribution is 5.78. The number of carbonyl (C=O) groups is 2. The Morgan fingerprint density at radius 2 is 1.65 bits per heavy atom. The molecule has 3 rings (SSSR count). The zero-order valence-corrected chi connectivity index (χ0v) is 16.4. The second-order valence-electron chi connectivity index (χ2n) is 8.39. The molecule has 0 aromatic rings. The molecule has 0 aliphatic carbocycles. The summed E-state index contributed by atoms with van der Waals surface area (Å²) < 4.78 is 0. The smallest absolute Gasteiger partial charge is 0.236 e. The zero-order chi connectivity index (χ0) is 18.4. The van der Waals surface area contributed by atoms with Crippen molar-refractivity contribution in [1.82, 2.24) is 20.0 Å². The van der Waals surface area contributed by atoms with Gasteiger partial charge in [0.25, 0.3) is 0 Å². The summed E-state index contributed by atoms with van der Waals surface area (Å²) in [5, 5.41) is 3.46. The fourth-order valence-corrected chi connectivity index (χ4v) is 4.57. The topological polar surface area (TPSA) is 55.9 Å². The van der Waals surface area contributed by atoms with Crippen molar-refractivity contribution in [3.63, 3.8) is 0 Å². The first-order valence-electron chi connectivity index (χ1n) is 10.6. The quantitative estimate of drug-likeness (QED) is 0.796. The third-order valence-corrected chi connectivity index (χ3v) is 6.40. The van der Waals surface area contributed by atoms with Gasteiger partial charge in [-0.15, -0.1) is 0 Å². The first-order chi connectivity index (χ1) is 12.6. The average Bonchev–Trinajstić information content (AvgIpc) is 3.10. The highest BCUT2D eigenvalue weighted by Gasteiger charge is 2.27. The first-order valence-corrected chi connectivity index (χ1v) is 10.6. The molecule has 0 spiro atoms. The highest BCUT2D eigenvalue weighted by Crippen LogP contribution is 2.23. The fourth-order valence-electron chi connectivity index (χ4n) is 4.57. The molecule has 2 atom stereocenters. The van der Waals surface area contributed by atoms with Gasteiger partial charge in [0.1, 0.15) is 0 Å². The van der Waals surface area contributed by atoms with E-state index in [4.69, 9.17) is 0 Å². The second-order valence-corrected chi connectivity index (χ2v) is 8.39. The zero-order valence-electron chi connectivity index (χ0n) is 16.4. The molecular weight excluding hydrogens is 328 g/mol. The summed E-state index contributed by atoms with van der Waals surface area (Å²) in [7, 11) is 0. The van der Waals surface area contributed by atoms with E-state index >= 15 is 0 Å². The van der Waals surface area contributed by atoms with Gasteiger partial charge in [0.05, 0.1) is 6.54 Å². The van der Waals surface area contributed by atoms with Crippen LogP contribution >= 0.6 is 0 Å². The fraction of sp³-hybridized carbons (Fsp3) is 0.900. The maximum absolute atomic E-state index is 12.8. The van der Waals surface area contributed by atoms with Crippen LogP contribution in [0.2, 0.25) is 0 Å². The van der Waals surface area contributed by atoms with E-state index in [-0.39, 0.29) is 5.91 Å². The molecule has 6 nitrogen and oxygen atoms in total. The van der Waals surface area contributed by atoms with Crippen LogP contribution in [0.15, 0.2) is 0 Å². The number of piperidine rings is 1. The molecular formula is C20H36N4O2. The summed E-state index contributed by atoms with van der Waals surface area (Å²) in [6.07, 6.45) is 6.39. The maximum atomic E-state index is 12.8. The molecule has 3 aliphatic heterocycles. The Balaban J connectivity index is 1.42. The SMILES string of the molecule is CC(CC(=O)N1CCCN(CC(=O)N2CCCC2)CC1)C1CCCNC1. The highest BCUT2D eigenvalue weighted by atomic mass is 16.2. The monoisotopic (exact) mass is 364 g/mol. The summed E-state index contributed by atoms with van der Waals surface area (Å²) in [5.41, 5.74) is 0. The second kappa shape index (κ2) is 9.70. The number of nitrogens with one attached hydrogen (secondary N) is 1. The van der Waals surface area contributed by atoms with Crippen LogP contribution < -0.4 is 5.32 Å². The van der Waals surface area contributed by atoms with Crippen LogP contribution in [0.3, 0.4) is 0 Å². The molecule has 26 heavy (non-hydrogen) atoms. The molecule has 148 valence electrons. The number of hydrogen-bond donors (Lipinski definition) is 1. The summed E-state index contributed by atoms with van der Waals surface area (Å²) in [5.74, 6) is 1.65. The number of nitrogens with zero attached hydrogens (tertiary/aromatic N) is 3. The van der Waals surface area contributed by atoms with Gasteiger partial charge in [0.15, 0.2) is 0 Å². The molecule has 0 saturated carbocycles. The number of hydrogen-bond acceptors (Lipinski definition) is 4. The Hall–Kier alpha value is -1.14. The molecule has 6 heteroatoms. The van der Waals surface area contributed by atoms with Gasteiger partial charge in [0.2, 0.25) is 11.8 Å². The van der Waals surface area contributed by atoms with Crippen LogP contribution in [-0.4, -0.2) is 85.4 Å². The molecule has 3 saturated heterocycles. The van der Waals surface area contributed by atoms with E-state index in [2.05, 4.69) is 17.1 Å². The normalized spacial score (nSPS) is 26.6. The van der Waals surface area contributed by atoms with Crippen molar-refractivity contribution in [2.24, 2.45) is 11.8 Å². The lowest BCUT2D eigenvalue weighted by molar-refractivity contribution is -0.132. The molecule has 3 heterocycles. The predicted octanol–water partition coefficient (Wildman–Crippen LogP) is 1.17. The van der Waals surface area contributed by atoms with Crippen LogP contribution in [0.1, 0.15) is 45.4 Å². The predicted molar refractivity (Wildman–Crippen MR) is 103 cm³/mol. The van der Waals surface area contributed by atoms with Crippen molar-refractivity contribution < 1.29 is 9.59 Å². The Morgan fingerprint density at radius 1 is 0.923 bits per heavy atom. The van der Waals surface area contributed by atoms with E-state index in [1.54, 1.807) is 0 Å². The molecule has 3 fully saturated rings. The summed E-state index contributed by atoms with van der Waals surface area (Å²) in [6.45, 7) is 10.1. The van der Waals surface area contributed by atoms with E-state index in [0.29, 0.717) is 30.7 Å². The van der Waals surface area contributed by atoms with Crippen LogP contribution in [0.25, 0.3) is 0 Å². The van der Waals surface area contributed by atoms with Gasteiger partial charge >= 0.3 is 0 Å². The van der Waals surface area contributed by atoms with Crippen molar-refractivity contribution in [3.8, 4) is 0 Å². The van der Waals surface area contributed by atoms with Gasteiger partial charge in [-0.1, -0.05) is 6.92 Å². The minimum Gasteiger partial charge on any atom is -0.342 e. The van der Waals surface area contributed by atoms with Crippen LogP contribution in [-0.2, 0) is 9.59 Å². The Kier molecular flexibility index (Phi) is 7.32. The van der Waals surface area contributed by atoms with Crippen molar-refractivity contribution in [1.29, 1.82) is 0 Å². The van der Waals surface area contributed by atoms with Crippen molar-refractivity contribution in [2.45, 2.75) is 45.4 Å². The minimum atomic E-state index is 0.265. The standard InChI is InChI=1S/C20H36N4O2/c1-17(18-6-4-7-21-15-18)14-19(25)24-11-5-8-22(12-13-24)16-20(26)23-9-2-3-10-23/h17-18,21H,2-16H2,1H3. The third kappa shape index (κ3) is 5.43. The molecule has 3 aliphatic rings. The van der Waals surface area contributed by atoms with Gasteiger partial charge in [-0.2, -0.15) is 0 Å². The Bertz CT molecular complexity index is 472. The van der Waals surface area contributed by atoms with Gasteiger partial charge < -0.3 is 15.1 Å². The molecule has 2 amide bonds. The number of rotatable bonds is 5. The molecule has 0 aromatic heterocycles. The molecule has 1 N–H and O–H groups in total. The van der Waals surface area contributed by atoms with E-state index in [0.717, 1.165) is 71.6 Å². The lowest BCUT2D eigenvalue weighted by Crippen LogP contribution is -2.41. The lowest BCUT2D eigenvalue weighted by Gasteiger charge is -2.30. The van der Waals surface area contributed by atoms with Gasteiger partial charge in [-0.25, -0.2) is 0 Å². The summed E-state index contributed by atoms with van der Waals surface area (Å²) in [6, 6.07) is 0. The van der Waals surface area contributed by atoms with E-state index < -0.39 is 0 Å². The Morgan fingerprint density at radius 3 is 2.38 bits per heavy atom. The average molecular weight is 365 g/mol. The van der Waals surface area contributed by atoms with Crippen LogP contribution in [0, 0.1) is 11.8 Å². The van der Waals surface area contributed by atoms with E-state index in [1.807, 2.05) is 9.80 Å². The number of amides is 2. The van der Waals surface area contributed by atoms with Crippen molar-refractivity contribution in [3.05, 3.63) is 0 Å². The molecule has 2 unspecified atom stereocenters. The van der Waals surface area contributed by atoms with Gasteiger partial charge in [-0.05, 0) is 57.0 Å². The third-order valence-electron chi connectivity index (χ3n) is 6.40. The first kappa shape index (κ1) is 19.6. The maximum Gasteiger partial charge on any atom is 0.236 e. The largest absolute Gasteiger partial charge is 0.342 e. The minimum absolute atomic E-state index is 0.265. The number of carbonyl (C=O) groups excluding carboxylic acids is 2. The van der Waals surface area contributed by atoms with Crippen LogP contribution in [0.5, 0.6) is 0 Å². The van der Waals surface area contributed by atoms with E-state index in [9.17, 15) is 9.59 Å². The van der Waals surface area contributed by atoms with E-state index in [1.165, 1.54) is 12.8 Å². The Labute approximate surface area is 158 Å². The van der Waals surface area contributed by atoms with Gasteiger partial charge in [0, 0.05) is 45.7 Å². The molecule has 0 aromatic carbocycles. The van der Waals surface area contributed by atoms with Gasteiger partial charge in [-0.3, -0.25) is 14.5 Å². The van der Waals surface area contributed by atoms with Crippen molar-refractivity contribution in [2.75, 3.05) is 58.9 Å². The molecule has 0 radical (unpaired) electrons. The number of likely N-dealkylation sites (tertiary alicyclic amines) is 1. The molecule has 0 bridgehead atoms. The lowest BCUT2D eigenvalue weighted by atomic mass is 9.85. The van der Waals surface area contributed by atoms with Crippen molar-refractivity contribution >= 4 is 11.8 Å². The summed E-state index contributed by atoms with van der Waals surface area (Å²) >= 11 is 0.